The lowest BCUT2D eigenvalue weighted by atomic mass is 10.2. The molecule has 92 valence electrons. The molecule has 1 saturated heterocycles. The van der Waals surface area contributed by atoms with Gasteiger partial charge < -0.3 is 14.9 Å². The Labute approximate surface area is 97.4 Å². The summed E-state index contributed by atoms with van der Waals surface area (Å²) in [6, 6.07) is 1.01. The molecule has 7 heteroatoms. The van der Waals surface area contributed by atoms with Crippen LogP contribution in [0.1, 0.15) is 11.5 Å². The molecule has 0 spiro atoms. The van der Waals surface area contributed by atoms with E-state index in [1.165, 1.54) is 0 Å². The maximum Gasteiger partial charge on any atom is 0.322 e. The number of nitrogens with one attached hydrogen (secondary N) is 1. The molecule has 0 radical (unpaired) electrons. The van der Waals surface area contributed by atoms with Crippen LogP contribution in [0.25, 0.3) is 0 Å². The first-order valence-corrected chi connectivity index (χ1v) is 5.22. The normalized spacial score (nSPS) is 21.2. The summed E-state index contributed by atoms with van der Waals surface area (Å²) in [6.07, 6.45) is 0. The topological polar surface area (TPSA) is 95.7 Å². The minimum Gasteiger partial charge on any atom is -0.480 e. The third-order valence-corrected chi connectivity index (χ3v) is 2.61. The van der Waals surface area contributed by atoms with Crippen molar-refractivity contribution in [3.63, 3.8) is 0 Å². The van der Waals surface area contributed by atoms with E-state index in [1.54, 1.807) is 17.9 Å². The Morgan fingerprint density at radius 1 is 1.76 bits per heavy atom. The van der Waals surface area contributed by atoms with Crippen molar-refractivity contribution in [3.05, 3.63) is 17.5 Å². The molecule has 2 rings (SSSR count). The predicted octanol–water partition coefficient (Wildman–Crippen LogP) is -0.632. The Bertz CT molecular complexity index is 443. The van der Waals surface area contributed by atoms with E-state index in [-0.39, 0.29) is 19.0 Å². The van der Waals surface area contributed by atoms with E-state index < -0.39 is 12.0 Å². The second-order valence-corrected chi connectivity index (χ2v) is 3.99. The number of carboxylic acids is 1. The minimum absolute atomic E-state index is 0.0584. The number of hydrogen-bond donors (Lipinski definition) is 2. The van der Waals surface area contributed by atoms with E-state index in [9.17, 15) is 9.59 Å². The molecule has 0 bridgehead atoms. The lowest BCUT2D eigenvalue weighted by Gasteiger charge is -2.31. The zero-order chi connectivity index (χ0) is 12.4. The van der Waals surface area contributed by atoms with E-state index in [2.05, 4.69) is 10.5 Å². The second kappa shape index (κ2) is 4.54. The van der Waals surface area contributed by atoms with Gasteiger partial charge in [0.05, 0.1) is 12.2 Å². The van der Waals surface area contributed by atoms with Crippen LogP contribution < -0.4 is 5.32 Å². The van der Waals surface area contributed by atoms with Gasteiger partial charge in [0.1, 0.15) is 11.8 Å². The molecule has 1 aromatic rings. The fourth-order valence-electron chi connectivity index (χ4n) is 1.80. The first-order chi connectivity index (χ1) is 8.06. The summed E-state index contributed by atoms with van der Waals surface area (Å²) in [7, 11) is 0. The molecule has 0 saturated carbocycles. The van der Waals surface area contributed by atoms with Crippen molar-refractivity contribution in [2.45, 2.75) is 19.5 Å². The molecule has 0 aromatic carbocycles. The van der Waals surface area contributed by atoms with Crippen molar-refractivity contribution in [1.29, 1.82) is 0 Å². The van der Waals surface area contributed by atoms with E-state index in [0.717, 1.165) is 0 Å². The molecular weight excluding hydrogens is 226 g/mol. The van der Waals surface area contributed by atoms with Crippen molar-refractivity contribution in [2.75, 3.05) is 13.1 Å². The number of aromatic nitrogens is 1. The zero-order valence-corrected chi connectivity index (χ0v) is 9.34. The molecule has 1 atom stereocenters. The molecule has 1 aliphatic heterocycles. The fraction of sp³-hybridized carbons (Fsp3) is 0.500. The van der Waals surface area contributed by atoms with Crippen molar-refractivity contribution in [2.24, 2.45) is 0 Å². The summed E-state index contributed by atoms with van der Waals surface area (Å²) in [5.41, 5.74) is 0.628. The van der Waals surface area contributed by atoms with Gasteiger partial charge >= 0.3 is 5.97 Å². The van der Waals surface area contributed by atoms with E-state index in [4.69, 9.17) is 9.63 Å². The summed E-state index contributed by atoms with van der Waals surface area (Å²) in [5.74, 6) is -0.471. The van der Waals surface area contributed by atoms with Crippen molar-refractivity contribution in [1.82, 2.24) is 15.4 Å². The number of carbonyl (C=O) groups excluding carboxylic acids is 1. The van der Waals surface area contributed by atoms with Crippen LogP contribution in [-0.4, -0.2) is 46.2 Å². The molecular formula is C10H13N3O4. The Balaban J connectivity index is 2.09. The minimum atomic E-state index is -0.954. The Kier molecular flexibility index (Phi) is 3.10. The fourth-order valence-corrected chi connectivity index (χ4v) is 1.80. The second-order valence-electron chi connectivity index (χ2n) is 3.99. The lowest BCUT2D eigenvalue weighted by molar-refractivity contribution is -0.146. The lowest BCUT2D eigenvalue weighted by Crippen LogP contribution is -2.56. The molecule has 17 heavy (non-hydrogen) atoms. The Hall–Kier alpha value is -1.89. The summed E-state index contributed by atoms with van der Waals surface area (Å²) in [5, 5.41) is 15.4. The van der Waals surface area contributed by atoms with Crippen LogP contribution in [0, 0.1) is 6.92 Å². The highest BCUT2D eigenvalue weighted by atomic mass is 16.5. The van der Waals surface area contributed by atoms with Gasteiger partial charge in [-0.25, -0.2) is 0 Å². The van der Waals surface area contributed by atoms with Crippen LogP contribution in [-0.2, 0) is 16.1 Å². The third kappa shape index (κ3) is 2.62. The van der Waals surface area contributed by atoms with Gasteiger partial charge in [-0.3, -0.25) is 14.5 Å². The van der Waals surface area contributed by atoms with Crippen LogP contribution in [0.15, 0.2) is 10.6 Å². The van der Waals surface area contributed by atoms with Crippen LogP contribution >= 0.6 is 0 Å². The van der Waals surface area contributed by atoms with Crippen molar-refractivity contribution >= 4 is 11.9 Å². The monoisotopic (exact) mass is 239 g/mol. The Morgan fingerprint density at radius 3 is 3.12 bits per heavy atom. The van der Waals surface area contributed by atoms with Crippen LogP contribution in [0.2, 0.25) is 0 Å². The summed E-state index contributed by atoms with van der Waals surface area (Å²) in [4.78, 5) is 23.8. The van der Waals surface area contributed by atoms with E-state index in [0.29, 0.717) is 18.0 Å². The Morgan fingerprint density at radius 2 is 2.53 bits per heavy atom. The van der Waals surface area contributed by atoms with Crippen LogP contribution in [0.5, 0.6) is 0 Å². The maximum absolute atomic E-state index is 11.2. The maximum atomic E-state index is 11.2. The first-order valence-electron chi connectivity index (χ1n) is 5.22. The first kappa shape index (κ1) is 11.6. The summed E-state index contributed by atoms with van der Waals surface area (Å²) < 4.78 is 4.90. The van der Waals surface area contributed by atoms with Gasteiger partial charge in [0.15, 0.2) is 0 Å². The van der Waals surface area contributed by atoms with E-state index in [1.807, 2.05) is 0 Å². The number of hydrogen-bond acceptors (Lipinski definition) is 5. The summed E-state index contributed by atoms with van der Waals surface area (Å²) >= 11 is 0. The van der Waals surface area contributed by atoms with Gasteiger partial charge in [-0.1, -0.05) is 5.16 Å². The average Bonchev–Trinajstić information content (AvgIpc) is 2.63. The number of carbonyl (C=O) groups is 2. The van der Waals surface area contributed by atoms with Gasteiger partial charge in [-0.15, -0.1) is 0 Å². The van der Waals surface area contributed by atoms with Gasteiger partial charge in [-0.05, 0) is 6.92 Å². The molecule has 2 N–H and O–H groups in total. The largest absolute Gasteiger partial charge is 0.480 e. The number of nitrogens with zero attached hydrogens (tertiary/aromatic N) is 2. The van der Waals surface area contributed by atoms with Crippen molar-refractivity contribution in [3.8, 4) is 0 Å². The summed E-state index contributed by atoms with van der Waals surface area (Å²) in [6.45, 7) is 2.23. The number of piperazine rings is 1. The van der Waals surface area contributed by atoms with E-state index >= 15 is 0 Å². The molecule has 1 aliphatic rings. The molecule has 1 unspecified atom stereocenters. The average molecular weight is 239 g/mol. The molecule has 0 aliphatic carbocycles. The van der Waals surface area contributed by atoms with Gasteiger partial charge in [0.2, 0.25) is 5.91 Å². The number of aryl methyl sites for hydroxylation is 1. The highest BCUT2D eigenvalue weighted by Gasteiger charge is 2.32. The van der Waals surface area contributed by atoms with Gasteiger partial charge in [0, 0.05) is 19.2 Å². The van der Waals surface area contributed by atoms with Crippen LogP contribution in [0.3, 0.4) is 0 Å². The van der Waals surface area contributed by atoms with Gasteiger partial charge in [0.25, 0.3) is 0 Å². The zero-order valence-electron chi connectivity index (χ0n) is 9.34. The molecule has 1 aromatic heterocycles. The molecule has 2 heterocycles. The van der Waals surface area contributed by atoms with Crippen LogP contribution in [0.4, 0.5) is 0 Å². The number of aliphatic carboxylic acids is 1. The highest BCUT2D eigenvalue weighted by molar-refractivity contribution is 5.83. The number of carboxylic acid groups (broad SMARTS) is 1. The molecule has 1 fully saturated rings. The smallest absolute Gasteiger partial charge is 0.322 e. The quantitative estimate of drug-likeness (QED) is 0.729. The van der Waals surface area contributed by atoms with Crippen molar-refractivity contribution < 1.29 is 19.2 Å². The highest BCUT2D eigenvalue weighted by Crippen LogP contribution is 2.11. The third-order valence-electron chi connectivity index (χ3n) is 2.61. The number of amides is 1. The molecule has 1 amide bonds. The standard InChI is InChI=1S/C10H13N3O4/c1-6-2-7(12-17-6)4-13-5-9(14)11-3-8(13)10(15)16/h2,8H,3-5H2,1H3,(H,11,14)(H,15,16). The number of rotatable bonds is 3. The van der Waals surface area contributed by atoms with Gasteiger partial charge in [-0.2, -0.15) is 0 Å². The predicted molar refractivity (Wildman–Crippen MR) is 56.1 cm³/mol. The SMILES string of the molecule is Cc1cc(CN2CC(=O)NCC2C(=O)O)no1. The molecule has 7 nitrogen and oxygen atoms in total.